The third-order valence-corrected chi connectivity index (χ3v) is 5.40. The van der Waals surface area contributed by atoms with Crippen LogP contribution in [-0.4, -0.2) is 15.4 Å². The third-order valence-electron chi connectivity index (χ3n) is 5.14. The largest absolute Gasteiger partial charge is 0.438 e. The fourth-order valence-electron chi connectivity index (χ4n) is 3.83. The van der Waals surface area contributed by atoms with E-state index in [4.69, 9.17) is 26.3 Å². The van der Waals surface area contributed by atoms with Crippen LogP contribution in [0.2, 0.25) is 5.02 Å². The van der Waals surface area contributed by atoms with Gasteiger partial charge in [0.05, 0.1) is 16.6 Å². The predicted octanol–water partition coefficient (Wildman–Crippen LogP) is 5.58. The molecule has 3 aromatic carbocycles. The Morgan fingerprint density at radius 1 is 0.893 bits per heavy atom. The highest BCUT2D eigenvalue weighted by molar-refractivity contribution is 6.30. The lowest BCUT2D eigenvalue weighted by molar-refractivity contribution is 0.516. The molecule has 0 N–H and O–H groups in total. The molecule has 1 atom stereocenters. The fourth-order valence-corrected chi connectivity index (χ4v) is 3.96. The minimum atomic E-state index is -0.267. The van der Waals surface area contributed by atoms with E-state index < -0.39 is 0 Å². The monoisotopic (exact) mass is 383 g/mol. The first kappa shape index (κ1) is 15.7. The van der Waals surface area contributed by atoms with Crippen molar-refractivity contribution in [3.05, 3.63) is 94.8 Å². The van der Waals surface area contributed by atoms with E-state index in [1.165, 1.54) is 0 Å². The van der Waals surface area contributed by atoms with Gasteiger partial charge in [-0.15, -0.1) is 0 Å². The molecule has 0 aliphatic carbocycles. The van der Waals surface area contributed by atoms with Gasteiger partial charge in [0.2, 0.25) is 5.90 Å². The van der Waals surface area contributed by atoms with Crippen molar-refractivity contribution in [1.29, 1.82) is 0 Å². The summed E-state index contributed by atoms with van der Waals surface area (Å²) in [5.74, 6) is 2.27. The van der Waals surface area contributed by atoms with Crippen molar-refractivity contribution >= 4 is 40.2 Å². The van der Waals surface area contributed by atoms with Crippen LogP contribution in [0.15, 0.2) is 77.8 Å². The van der Waals surface area contributed by atoms with Crippen LogP contribution in [0.1, 0.15) is 23.1 Å². The van der Waals surface area contributed by atoms with Gasteiger partial charge in [-0.1, -0.05) is 54.1 Å². The van der Waals surface area contributed by atoms with Gasteiger partial charge in [0, 0.05) is 10.6 Å². The molecule has 3 heterocycles. The highest BCUT2D eigenvalue weighted by Crippen LogP contribution is 2.40. The zero-order valence-electron chi connectivity index (χ0n) is 14.7. The van der Waals surface area contributed by atoms with Gasteiger partial charge in [-0.3, -0.25) is 4.57 Å². The van der Waals surface area contributed by atoms with Crippen molar-refractivity contribution in [1.82, 2.24) is 9.55 Å². The topological polar surface area (TPSA) is 39.4 Å². The summed E-state index contributed by atoms with van der Waals surface area (Å²) in [6.45, 7) is 0. The summed E-state index contributed by atoms with van der Waals surface area (Å²) in [6, 6.07) is 23.9. The molecule has 134 valence electrons. The van der Waals surface area contributed by atoms with Crippen molar-refractivity contribution in [2.24, 2.45) is 4.99 Å². The Bertz CT molecular complexity index is 1300. The summed E-state index contributed by atoms with van der Waals surface area (Å²) in [5, 5.41) is 0.700. The van der Waals surface area contributed by atoms with Gasteiger partial charge in [-0.2, -0.15) is 0 Å². The number of fused-ring (bicyclic) bond motifs is 6. The van der Waals surface area contributed by atoms with Crippen molar-refractivity contribution in [2.45, 2.75) is 6.17 Å². The average molecular weight is 384 g/mol. The smallest absolute Gasteiger partial charge is 0.228 e. The van der Waals surface area contributed by atoms with Crippen LogP contribution in [-0.2, 0) is 0 Å². The molecule has 0 amide bonds. The molecule has 4 nitrogen and oxygen atoms in total. The maximum Gasteiger partial charge on any atom is 0.228 e. The summed E-state index contributed by atoms with van der Waals surface area (Å²) in [5.41, 5.74) is 4.94. The summed E-state index contributed by atoms with van der Waals surface area (Å²) in [7, 11) is 0. The van der Waals surface area contributed by atoms with E-state index in [0.29, 0.717) is 10.9 Å². The molecule has 0 fully saturated rings. The molecule has 0 saturated heterocycles. The summed E-state index contributed by atoms with van der Waals surface area (Å²) in [6.07, 6.45) is 1.84. The van der Waals surface area contributed by atoms with Crippen LogP contribution in [0.25, 0.3) is 22.7 Å². The predicted molar refractivity (Wildman–Crippen MR) is 112 cm³/mol. The lowest BCUT2D eigenvalue weighted by Gasteiger charge is -2.28. The molecular weight excluding hydrogens is 370 g/mol. The molecule has 0 saturated carbocycles. The Morgan fingerprint density at radius 3 is 2.57 bits per heavy atom. The molecule has 0 unspecified atom stereocenters. The number of hydrogen-bond donors (Lipinski definition) is 0. The number of nitrogens with zero attached hydrogens (tertiary/aromatic N) is 3. The van der Waals surface area contributed by atoms with E-state index in [1.807, 2.05) is 66.7 Å². The molecular formula is C23H14ClN3O. The minimum absolute atomic E-state index is 0.267. The molecule has 1 aromatic heterocycles. The van der Waals surface area contributed by atoms with E-state index >= 15 is 0 Å². The first-order valence-corrected chi connectivity index (χ1v) is 9.45. The van der Waals surface area contributed by atoms with Crippen LogP contribution >= 0.6 is 11.6 Å². The third kappa shape index (κ3) is 2.25. The minimum Gasteiger partial charge on any atom is -0.438 e. The van der Waals surface area contributed by atoms with Crippen LogP contribution in [0.4, 0.5) is 0 Å². The van der Waals surface area contributed by atoms with Gasteiger partial charge >= 0.3 is 0 Å². The number of imidazole rings is 1. The van der Waals surface area contributed by atoms with Crippen molar-refractivity contribution in [2.75, 3.05) is 0 Å². The average Bonchev–Trinajstić information content (AvgIpc) is 3.12. The zero-order valence-corrected chi connectivity index (χ0v) is 15.5. The van der Waals surface area contributed by atoms with Crippen molar-refractivity contribution < 1.29 is 4.74 Å². The second kappa shape index (κ2) is 5.81. The zero-order chi connectivity index (χ0) is 18.7. The van der Waals surface area contributed by atoms with E-state index in [-0.39, 0.29) is 6.17 Å². The number of ether oxygens (including phenoxy) is 1. The normalized spacial score (nSPS) is 17.1. The van der Waals surface area contributed by atoms with E-state index in [0.717, 1.165) is 39.3 Å². The van der Waals surface area contributed by atoms with Crippen molar-refractivity contribution in [3.8, 4) is 5.75 Å². The molecule has 2 aliphatic heterocycles. The molecule has 28 heavy (non-hydrogen) atoms. The van der Waals surface area contributed by atoms with E-state index in [2.05, 4.69) is 16.7 Å². The van der Waals surface area contributed by atoms with Crippen molar-refractivity contribution in [3.63, 3.8) is 0 Å². The number of halogens is 1. The van der Waals surface area contributed by atoms with Gasteiger partial charge < -0.3 is 4.74 Å². The number of rotatable bonds is 1. The maximum absolute atomic E-state index is 6.17. The maximum atomic E-state index is 6.17. The Kier molecular flexibility index (Phi) is 3.25. The Morgan fingerprint density at radius 2 is 1.68 bits per heavy atom. The summed E-state index contributed by atoms with van der Waals surface area (Å²) < 4.78 is 8.34. The highest BCUT2D eigenvalue weighted by atomic mass is 35.5. The standard InChI is InChI=1S/C23H14ClN3O/c24-16-11-9-14(10-12-16)21-26-23-17(13-15-5-1-4-8-20(15)28-23)22-25-18-6-2-3-7-19(18)27(21)22/h1-13,21H/t21-/m1/s1. The first-order valence-electron chi connectivity index (χ1n) is 9.07. The van der Waals surface area contributed by atoms with E-state index in [1.54, 1.807) is 0 Å². The fraction of sp³-hybridized carbons (Fsp3) is 0.0435. The molecule has 6 rings (SSSR count). The van der Waals surface area contributed by atoms with Gasteiger partial charge in [0.15, 0.2) is 6.17 Å². The Balaban J connectivity index is 1.65. The SMILES string of the molecule is Clc1ccc([C@@H]2N=C3Oc4ccccc4C=C3c3nc4ccccc4n32)cc1. The second-order valence-corrected chi connectivity index (χ2v) is 7.29. The quantitative estimate of drug-likeness (QED) is 0.430. The number of aliphatic imine (C=N–C) groups is 1. The number of benzene rings is 3. The van der Waals surface area contributed by atoms with Crippen LogP contribution < -0.4 is 4.74 Å². The van der Waals surface area contributed by atoms with Crippen LogP contribution in [0, 0.1) is 0 Å². The number of aromatic nitrogens is 2. The summed E-state index contributed by atoms with van der Waals surface area (Å²) >= 11 is 6.10. The molecule has 0 radical (unpaired) electrons. The number of hydrogen-bond acceptors (Lipinski definition) is 3. The van der Waals surface area contributed by atoms with Gasteiger partial charge in [0.1, 0.15) is 11.6 Å². The highest BCUT2D eigenvalue weighted by Gasteiger charge is 2.33. The molecule has 5 heteroatoms. The van der Waals surface area contributed by atoms with Gasteiger partial charge in [-0.25, -0.2) is 9.98 Å². The van der Waals surface area contributed by atoms with Gasteiger partial charge in [0.25, 0.3) is 0 Å². The second-order valence-electron chi connectivity index (χ2n) is 6.85. The van der Waals surface area contributed by atoms with Gasteiger partial charge in [-0.05, 0) is 42.0 Å². The lowest BCUT2D eigenvalue weighted by Crippen LogP contribution is -2.26. The molecule has 0 spiro atoms. The first-order chi connectivity index (χ1) is 13.8. The molecule has 2 aliphatic rings. The number of para-hydroxylation sites is 3. The van der Waals surface area contributed by atoms with E-state index in [9.17, 15) is 0 Å². The Hall–Kier alpha value is -3.37. The van der Waals surface area contributed by atoms with Crippen LogP contribution in [0.5, 0.6) is 5.75 Å². The molecule has 4 aromatic rings. The molecule has 0 bridgehead atoms. The van der Waals surface area contributed by atoms with Crippen LogP contribution in [0.3, 0.4) is 0 Å². The summed E-state index contributed by atoms with van der Waals surface area (Å²) in [4.78, 5) is 9.88. The lowest BCUT2D eigenvalue weighted by atomic mass is 10.0. The Labute approximate surface area is 166 Å².